The molecule has 1 unspecified atom stereocenters. The van der Waals surface area contributed by atoms with E-state index in [-0.39, 0.29) is 0 Å². The van der Waals surface area contributed by atoms with Gasteiger partial charge in [-0.1, -0.05) is 39.5 Å². The van der Waals surface area contributed by atoms with Gasteiger partial charge in [0.05, 0.1) is 0 Å². The van der Waals surface area contributed by atoms with E-state index in [0.717, 1.165) is 19.3 Å². The Balaban J connectivity index is 3.56. The van der Waals surface area contributed by atoms with Crippen LogP contribution >= 0.6 is 0 Å². The lowest BCUT2D eigenvalue weighted by Crippen LogP contribution is -1.93. The zero-order valence-electron chi connectivity index (χ0n) is 8.53. The van der Waals surface area contributed by atoms with Crippen LogP contribution in [0.4, 0.5) is 0 Å². The maximum absolute atomic E-state index is 3.79. The lowest BCUT2D eigenvalue weighted by molar-refractivity contribution is 0.580. The Labute approximate surface area is 77.8 Å². The predicted molar refractivity (Wildman–Crippen MR) is 55.7 cm³/mol. The third-order valence-corrected chi connectivity index (χ3v) is 1.99. The molecule has 0 aromatic heterocycles. The van der Waals surface area contributed by atoms with Crippen LogP contribution in [0.25, 0.3) is 0 Å². The minimum atomic E-state index is 0.639. The minimum absolute atomic E-state index is 0.639. The van der Waals surface area contributed by atoms with Crippen molar-refractivity contribution in [2.45, 2.75) is 52.4 Å². The Hall–Kier alpha value is -0.440. The van der Waals surface area contributed by atoms with Crippen molar-refractivity contribution in [3.05, 3.63) is 6.92 Å². The van der Waals surface area contributed by atoms with E-state index in [2.05, 4.69) is 32.6 Å². The van der Waals surface area contributed by atoms with Crippen LogP contribution in [0.15, 0.2) is 0 Å². The first-order valence-electron chi connectivity index (χ1n) is 5.12. The van der Waals surface area contributed by atoms with Crippen LogP contribution < -0.4 is 0 Å². The number of hydrogen-bond donors (Lipinski definition) is 0. The molecule has 0 aromatic carbocycles. The maximum atomic E-state index is 3.79. The molecule has 0 fully saturated rings. The molecule has 0 saturated carbocycles. The SMILES string of the molecule is [CH2]CCCC#CC(CC)CCC. The van der Waals surface area contributed by atoms with E-state index in [1.54, 1.807) is 0 Å². The summed E-state index contributed by atoms with van der Waals surface area (Å²) in [6, 6.07) is 0. The highest BCUT2D eigenvalue weighted by molar-refractivity contribution is 5.03. The van der Waals surface area contributed by atoms with Crippen molar-refractivity contribution >= 4 is 0 Å². The molecule has 1 atom stereocenters. The van der Waals surface area contributed by atoms with Crippen LogP contribution in [0.2, 0.25) is 0 Å². The highest BCUT2D eigenvalue weighted by Crippen LogP contribution is 2.08. The van der Waals surface area contributed by atoms with E-state index in [1.807, 2.05) is 0 Å². The fourth-order valence-electron chi connectivity index (χ4n) is 1.16. The summed E-state index contributed by atoms with van der Waals surface area (Å²) in [7, 11) is 0. The van der Waals surface area contributed by atoms with Gasteiger partial charge in [-0.05, 0) is 19.3 Å². The van der Waals surface area contributed by atoms with Gasteiger partial charge in [0, 0.05) is 12.3 Å². The molecule has 69 valence electrons. The molecule has 1 radical (unpaired) electrons. The predicted octanol–water partition coefficient (Wildman–Crippen LogP) is 3.82. The van der Waals surface area contributed by atoms with Gasteiger partial charge in [-0.3, -0.25) is 0 Å². The molecule has 0 heterocycles. The summed E-state index contributed by atoms with van der Waals surface area (Å²) in [5.41, 5.74) is 0. The molecule has 12 heavy (non-hydrogen) atoms. The van der Waals surface area contributed by atoms with Crippen molar-refractivity contribution < 1.29 is 0 Å². The summed E-state index contributed by atoms with van der Waals surface area (Å²) < 4.78 is 0. The first-order chi connectivity index (χ1) is 5.85. The second-order valence-corrected chi connectivity index (χ2v) is 3.17. The lowest BCUT2D eigenvalue weighted by atomic mass is 10.0. The monoisotopic (exact) mass is 165 g/mol. The van der Waals surface area contributed by atoms with Crippen LogP contribution in [-0.4, -0.2) is 0 Å². The van der Waals surface area contributed by atoms with E-state index in [1.165, 1.54) is 19.3 Å². The summed E-state index contributed by atoms with van der Waals surface area (Å²) in [5.74, 6) is 7.20. The average molecular weight is 165 g/mol. The summed E-state index contributed by atoms with van der Waals surface area (Å²) >= 11 is 0. The molecular formula is C12H21. The van der Waals surface area contributed by atoms with Gasteiger partial charge in [-0.15, -0.1) is 5.92 Å². The molecule has 0 N–H and O–H groups in total. The number of unbranched alkanes of at least 4 members (excludes halogenated alkanes) is 2. The summed E-state index contributed by atoms with van der Waals surface area (Å²) in [6.07, 6.45) is 6.90. The van der Waals surface area contributed by atoms with Gasteiger partial charge in [-0.25, -0.2) is 0 Å². The molecule has 0 aliphatic rings. The molecule has 0 nitrogen and oxygen atoms in total. The normalized spacial score (nSPS) is 11.9. The molecular weight excluding hydrogens is 144 g/mol. The van der Waals surface area contributed by atoms with Gasteiger partial charge < -0.3 is 0 Å². The Morgan fingerprint density at radius 3 is 2.58 bits per heavy atom. The second kappa shape index (κ2) is 8.65. The Morgan fingerprint density at radius 2 is 2.08 bits per heavy atom. The third-order valence-electron chi connectivity index (χ3n) is 1.99. The molecule has 0 aliphatic carbocycles. The van der Waals surface area contributed by atoms with Crippen LogP contribution in [0.5, 0.6) is 0 Å². The summed E-state index contributed by atoms with van der Waals surface area (Å²) in [5, 5.41) is 0. The third kappa shape index (κ3) is 6.28. The van der Waals surface area contributed by atoms with E-state index >= 15 is 0 Å². The van der Waals surface area contributed by atoms with Gasteiger partial charge in [0.15, 0.2) is 0 Å². The van der Waals surface area contributed by atoms with E-state index in [9.17, 15) is 0 Å². The first-order valence-corrected chi connectivity index (χ1v) is 5.12. The Kier molecular flexibility index (Phi) is 8.34. The largest absolute Gasteiger partial charge is 0.103 e. The van der Waals surface area contributed by atoms with E-state index in [4.69, 9.17) is 0 Å². The van der Waals surface area contributed by atoms with Crippen molar-refractivity contribution in [2.75, 3.05) is 0 Å². The van der Waals surface area contributed by atoms with Gasteiger partial charge in [-0.2, -0.15) is 0 Å². The van der Waals surface area contributed by atoms with Gasteiger partial charge in [0.25, 0.3) is 0 Å². The first kappa shape index (κ1) is 11.6. The van der Waals surface area contributed by atoms with Crippen LogP contribution in [0, 0.1) is 24.7 Å². The Morgan fingerprint density at radius 1 is 1.33 bits per heavy atom. The summed E-state index contributed by atoms with van der Waals surface area (Å²) in [4.78, 5) is 0. The van der Waals surface area contributed by atoms with Crippen LogP contribution in [-0.2, 0) is 0 Å². The molecule has 0 aliphatic heterocycles. The van der Waals surface area contributed by atoms with Crippen molar-refractivity contribution in [1.82, 2.24) is 0 Å². The molecule has 0 heteroatoms. The van der Waals surface area contributed by atoms with Crippen LogP contribution in [0.1, 0.15) is 52.4 Å². The molecule has 0 aromatic rings. The quantitative estimate of drug-likeness (QED) is 0.429. The Bertz CT molecular complexity index is 136. The average Bonchev–Trinajstić information content (AvgIpc) is 2.10. The highest BCUT2D eigenvalue weighted by atomic mass is 14.0. The topological polar surface area (TPSA) is 0 Å². The highest BCUT2D eigenvalue weighted by Gasteiger charge is 1.97. The van der Waals surface area contributed by atoms with Gasteiger partial charge >= 0.3 is 0 Å². The fourth-order valence-corrected chi connectivity index (χ4v) is 1.16. The lowest BCUT2D eigenvalue weighted by Gasteiger charge is -2.03. The number of rotatable bonds is 5. The van der Waals surface area contributed by atoms with Crippen LogP contribution in [0.3, 0.4) is 0 Å². The van der Waals surface area contributed by atoms with Crippen molar-refractivity contribution in [3.63, 3.8) is 0 Å². The van der Waals surface area contributed by atoms with Gasteiger partial charge in [0.2, 0.25) is 0 Å². The van der Waals surface area contributed by atoms with Gasteiger partial charge in [0.1, 0.15) is 0 Å². The zero-order valence-corrected chi connectivity index (χ0v) is 8.53. The van der Waals surface area contributed by atoms with Crippen molar-refractivity contribution in [1.29, 1.82) is 0 Å². The van der Waals surface area contributed by atoms with Crippen molar-refractivity contribution in [2.24, 2.45) is 5.92 Å². The standard InChI is InChI=1S/C12H21/c1-4-7-8-9-11-12(6-3)10-5-2/h12H,1,4-8,10H2,2-3H3. The van der Waals surface area contributed by atoms with E-state index < -0.39 is 0 Å². The van der Waals surface area contributed by atoms with E-state index in [0.29, 0.717) is 5.92 Å². The minimum Gasteiger partial charge on any atom is -0.103 e. The molecule has 0 bridgehead atoms. The summed E-state index contributed by atoms with van der Waals surface area (Å²) in [6.45, 7) is 8.23. The molecule has 0 spiro atoms. The fraction of sp³-hybridized carbons (Fsp3) is 0.750. The second-order valence-electron chi connectivity index (χ2n) is 3.17. The maximum Gasteiger partial charge on any atom is 0.0200 e. The molecule has 0 amide bonds. The smallest absolute Gasteiger partial charge is 0.0200 e. The van der Waals surface area contributed by atoms with Crippen molar-refractivity contribution in [3.8, 4) is 11.8 Å². The number of hydrogen-bond acceptors (Lipinski definition) is 0. The zero-order chi connectivity index (χ0) is 9.23. The molecule has 0 saturated heterocycles. The molecule has 0 rings (SSSR count).